The lowest BCUT2D eigenvalue weighted by molar-refractivity contribution is 0.0172. The van der Waals surface area contributed by atoms with Gasteiger partial charge in [-0.15, -0.1) is 0 Å². The second-order valence-corrected chi connectivity index (χ2v) is 9.44. The van der Waals surface area contributed by atoms with Gasteiger partial charge < -0.3 is 20.3 Å². The van der Waals surface area contributed by atoms with Gasteiger partial charge in [-0.25, -0.2) is 9.67 Å². The number of rotatable bonds is 6. The molecule has 1 unspecified atom stereocenters. The molecule has 0 aromatic carbocycles. The number of likely N-dealkylation sites (tertiary alicyclic amines) is 2. The number of guanidine groups is 1. The van der Waals surface area contributed by atoms with Crippen molar-refractivity contribution in [3.8, 4) is 0 Å². The van der Waals surface area contributed by atoms with Gasteiger partial charge in [-0.05, 0) is 65.3 Å². The lowest BCUT2D eigenvalue weighted by Crippen LogP contribution is -2.62. The van der Waals surface area contributed by atoms with Crippen LogP contribution in [-0.4, -0.2) is 96.0 Å². The number of aryl methyl sites for hydroxylation is 1. The van der Waals surface area contributed by atoms with E-state index in [2.05, 4.69) is 42.6 Å². The molecule has 2 N–H and O–H groups in total. The predicted molar refractivity (Wildman–Crippen MR) is 122 cm³/mol. The average Bonchev–Trinajstić information content (AvgIpc) is 3.20. The molecule has 1 aromatic rings. The molecule has 2 saturated heterocycles. The highest BCUT2D eigenvalue weighted by Gasteiger charge is 2.39. The summed E-state index contributed by atoms with van der Waals surface area (Å²) in [5.74, 6) is 2.73. The van der Waals surface area contributed by atoms with Crippen molar-refractivity contribution in [1.29, 1.82) is 0 Å². The van der Waals surface area contributed by atoms with Gasteiger partial charge in [0.15, 0.2) is 11.8 Å². The van der Waals surface area contributed by atoms with Crippen molar-refractivity contribution in [2.45, 2.75) is 69.7 Å². The number of nitrogens with zero attached hydrogens (tertiary/aromatic N) is 6. The van der Waals surface area contributed by atoms with E-state index in [0.29, 0.717) is 12.6 Å². The first-order chi connectivity index (χ1) is 15.1. The molecule has 31 heavy (non-hydrogen) atoms. The molecule has 4 heterocycles. The standard InChI is InChI=1S/C22H40N8O/c1-23-21(25-18-7-8-20-26-19(16-31-3)27-30(20)15-18)24-17-22(9-13-28(2)14-10-22)29-11-5-4-6-12-29/h18H,4-17H2,1-3H3,(H2,23,24,25). The summed E-state index contributed by atoms with van der Waals surface area (Å²) in [6.45, 7) is 7.05. The average molecular weight is 433 g/mol. The molecule has 0 amide bonds. The normalized spacial score (nSPS) is 25.3. The van der Waals surface area contributed by atoms with Crippen LogP contribution in [0.4, 0.5) is 0 Å². The Morgan fingerprint density at radius 2 is 1.97 bits per heavy atom. The zero-order chi connectivity index (χ0) is 21.7. The lowest BCUT2D eigenvalue weighted by Gasteiger charge is -2.50. The van der Waals surface area contributed by atoms with E-state index in [9.17, 15) is 0 Å². The first-order valence-corrected chi connectivity index (χ1v) is 11.9. The number of aromatic nitrogens is 3. The molecule has 0 bridgehead atoms. The molecule has 0 radical (unpaired) electrons. The minimum Gasteiger partial charge on any atom is -0.377 e. The molecule has 9 nitrogen and oxygen atoms in total. The van der Waals surface area contributed by atoms with Crippen molar-refractivity contribution in [3.63, 3.8) is 0 Å². The molecule has 3 aliphatic heterocycles. The van der Waals surface area contributed by atoms with Crippen LogP contribution in [0.3, 0.4) is 0 Å². The van der Waals surface area contributed by atoms with E-state index in [4.69, 9.17) is 4.74 Å². The fraction of sp³-hybridized carbons (Fsp3) is 0.864. The Labute approximate surface area is 186 Å². The number of hydrogen-bond donors (Lipinski definition) is 2. The molecule has 9 heteroatoms. The molecule has 174 valence electrons. The SMILES string of the molecule is CN=C(NCC1(N2CCCCC2)CCN(C)CC1)NC1CCc2nc(COC)nn2C1. The van der Waals surface area contributed by atoms with Crippen molar-refractivity contribution in [2.75, 3.05) is 53.9 Å². The van der Waals surface area contributed by atoms with Crippen LogP contribution in [0.5, 0.6) is 0 Å². The lowest BCUT2D eigenvalue weighted by atomic mass is 9.84. The Bertz CT molecular complexity index is 734. The largest absolute Gasteiger partial charge is 0.377 e. The van der Waals surface area contributed by atoms with Crippen LogP contribution in [0.25, 0.3) is 0 Å². The molecule has 1 aromatic heterocycles. The Morgan fingerprint density at radius 3 is 2.68 bits per heavy atom. The smallest absolute Gasteiger partial charge is 0.191 e. The molecular formula is C22H40N8O. The molecule has 3 aliphatic rings. The first-order valence-electron chi connectivity index (χ1n) is 11.9. The van der Waals surface area contributed by atoms with Crippen molar-refractivity contribution >= 4 is 5.96 Å². The number of hydrogen-bond acceptors (Lipinski definition) is 6. The summed E-state index contributed by atoms with van der Waals surface area (Å²) in [4.78, 5) is 14.4. The summed E-state index contributed by atoms with van der Waals surface area (Å²) >= 11 is 0. The van der Waals surface area contributed by atoms with E-state index in [1.54, 1.807) is 7.11 Å². The molecule has 0 saturated carbocycles. The van der Waals surface area contributed by atoms with Gasteiger partial charge >= 0.3 is 0 Å². The molecule has 1 atom stereocenters. The zero-order valence-electron chi connectivity index (χ0n) is 19.6. The fourth-order valence-electron chi connectivity index (χ4n) is 5.31. The third kappa shape index (κ3) is 5.38. The maximum absolute atomic E-state index is 5.18. The summed E-state index contributed by atoms with van der Waals surface area (Å²) in [5, 5.41) is 11.9. The van der Waals surface area contributed by atoms with Gasteiger partial charge in [-0.1, -0.05) is 6.42 Å². The summed E-state index contributed by atoms with van der Waals surface area (Å²) in [6, 6.07) is 0.305. The number of aliphatic imine (C=N–C) groups is 1. The van der Waals surface area contributed by atoms with Crippen LogP contribution in [0, 0.1) is 0 Å². The van der Waals surface area contributed by atoms with Crippen molar-refractivity contribution in [3.05, 3.63) is 11.6 Å². The topological polar surface area (TPSA) is 82.8 Å². The number of fused-ring (bicyclic) bond motifs is 1. The van der Waals surface area contributed by atoms with Crippen LogP contribution in [0.1, 0.15) is 50.2 Å². The number of ether oxygens (including phenoxy) is 1. The van der Waals surface area contributed by atoms with Gasteiger partial charge in [0.1, 0.15) is 12.4 Å². The monoisotopic (exact) mass is 432 g/mol. The molecular weight excluding hydrogens is 392 g/mol. The van der Waals surface area contributed by atoms with Gasteiger partial charge in [0.25, 0.3) is 0 Å². The molecule has 0 spiro atoms. The Hall–Kier alpha value is -1.71. The fourth-order valence-corrected chi connectivity index (χ4v) is 5.31. The van der Waals surface area contributed by atoms with Gasteiger partial charge in [-0.2, -0.15) is 5.10 Å². The molecule has 4 rings (SSSR count). The van der Waals surface area contributed by atoms with Gasteiger partial charge in [0, 0.05) is 38.7 Å². The zero-order valence-corrected chi connectivity index (χ0v) is 19.6. The van der Waals surface area contributed by atoms with E-state index in [1.165, 1.54) is 58.3 Å². The van der Waals surface area contributed by atoms with Crippen molar-refractivity contribution in [2.24, 2.45) is 4.99 Å². The quantitative estimate of drug-likeness (QED) is 0.509. The van der Waals surface area contributed by atoms with Crippen molar-refractivity contribution in [1.82, 2.24) is 35.2 Å². The second-order valence-electron chi connectivity index (χ2n) is 9.44. The minimum atomic E-state index is 0.241. The highest BCUT2D eigenvalue weighted by Crippen LogP contribution is 2.30. The van der Waals surface area contributed by atoms with Crippen LogP contribution in [0.2, 0.25) is 0 Å². The summed E-state index contributed by atoms with van der Waals surface area (Å²) < 4.78 is 7.20. The number of piperidine rings is 2. The summed E-state index contributed by atoms with van der Waals surface area (Å²) in [5.41, 5.74) is 0.241. The van der Waals surface area contributed by atoms with Gasteiger partial charge in [0.05, 0.1) is 6.54 Å². The van der Waals surface area contributed by atoms with E-state index < -0.39 is 0 Å². The Balaban J connectivity index is 1.35. The first kappa shape index (κ1) is 22.5. The van der Waals surface area contributed by atoms with E-state index >= 15 is 0 Å². The molecule has 2 fully saturated rings. The third-order valence-corrected chi connectivity index (χ3v) is 7.27. The van der Waals surface area contributed by atoms with Crippen LogP contribution in [-0.2, 0) is 24.3 Å². The van der Waals surface area contributed by atoms with E-state index in [0.717, 1.165) is 43.5 Å². The predicted octanol–water partition coefficient (Wildman–Crippen LogP) is 0.855. The van der Waals surface area contributed by atoms with E-state index in [1.807, 2.05) is 11.7 Å². The van der Waals surface area contributed by atoms with Crippen LogP contribution >= 0.6 is 0 Å². The third-order valence-electron chi connectivity index (χ3n) is 7.27. The van der Waals surface area contributed by atoms with Gasteiger partial charge in [0.2, 0.25) is 0 Å². The number of nitrogens with one attached hydrogen (secondary N) is 2. The Morgan fingerprint density at radius 1 is 1.19 bits per heavy atom. The Kier molecular flexibility index (Phi) is 7.45. The second kappa shape index (κ2) is 10.3. The van der Waals surface area contributed by atoms with E-state index in [-0.39, 0.29) is 5.54 Å². The minimum absolute atomic E-state index is 0.241. The highest BCUT2D eigenvalue weighted by atomic mass is 16.5. The highest BCUT2D eigenvalue weighted by molar-refractivity contribution is 5.80. The summed E-state index contributed by atoms with van der Waals surface area (Å²) in [7, 11) is 5.80. The van der Waals surface area contributed by atoms with Gasteiger partial charge in [-0.3, -0.25) is 9.89 Å². The maximum atomic E-state index is 5.18. The summed E-state index contributed by atoms with van der Waals surface area (Å²) in [6.07, 6.45) is 8.45. The maximum Gasteiger partial charge on any atom is 0.191 e. The van der Waals surface area contributed by atoms with Crippen molar-refractivity contribution < 1.29 is 4.74 Å². The molecule has 0 aliphatic carbocycles. The van der Waals surface area contributed by atoms with Crippen LogP contribution in [0.15, 0.2) is 4.99 Å². The van der Waals surface area contributed by atoms with Crippen LogP contribution < -0.4 is 10.6 Å². The number of methoxy groups -OCH3 is 1.